The lowest BCUT2D eigenvalue weighted by Crippen LogP contribution is -1.98. The molecule has 0 unspecified atom stereocenters. The first kappa shape index (κ1) is 12.2. The second-order valence-electron chi connectivity index (χ2n) is 4.02. The van der Waals surface area contributed by atoms with Gasteiger partial charge in [-0.1, -0.05) is 18.2 Å². The topological polar surface area (TPSA) is 34.9 Å². The van der Waals surface area contributed by atoms with Gasteiger partial charge < -0.3 is 0 Å². The number of hydrogen-bond acceptors (Lipinski definition) is 2. The molecule has 0 aliphatic rings. The summed E-state index contributed by atoms with van der Waals surface area (Å²) in [6.45, 7) is 1.84. The maximum absolute atomic E-state index is 12.7. The SMILES string of the molecule is Cc1c(C(=O)C=Cc2ccc(F)cc2)cnn1C. The Bertz CT molecular complexity index is 597. The number of carbonyl (C=O) groups is 1. The highest BCUT2D eigenvalue weighted by atomic mass is 19.1. The molecule has 0 atom stereocenters. The van der Waals surface area contributed by atoms with E-state index in [-0.39, 0.29) is 11.6 Å². The number of allylic oxidation sites excluding steroid dienone is 1. The molecule has 0 aliphatic heterocycles. The molecule has 0 spiro atoms. The highest BCUT2D eigenvalue weighted by molar-refractivity contribution is 6.07. The van der Waals surface area contributed by atoms with Crippen LogP contribution in [0, 0.1) is 12.7 Å². The van der Waals surface area contributed by atoms with Crippen LogP contribution in [0.3, 0.4) is 0 Å². The minimum absolute atomic E-state index is 0.107. The Morgan fingerprint density at radius 2 is 2.00 bits per heavy atom. The molecule has 2 aromatic rings. The number of aryl methyl sites for hydroxylation is 1. The van der Waals surface area contributed by atoms with Gasteiger partial charge in [0, 0.05) is 12.7 Å². The fourth-order valence-corrected chi connectivity index (χ4v) is 1.58. The van der Waals surface area contributed by atoms with Gasteiger partial charge in [-0.25, -0.2) is 4.39 Å². The fourth-order valence-electron chi connectivity index (χ4n) is 1.58. The molecule has 1 aromatic heterocycles. The Kier molecular flexibility index (Phi) is 3.37. The van der Waals surface area contributed by atoms with Crippen molar-refractivity contribution in [2.45, 2.75) is 6.92 Å². The molecule has 0 saturated carbocycles. The third-order valence-corrected chi connectivity index (χ3v) is 2.80. The highest BCUT2D eigenvalue weighted by Crippen LogP contribution is 2.09. The zero-order valence-electron chi connectivity index (χ0n) is 10.2. The third kappa shape index (κ3) is 2.53. The number of carbonyl (C=O) groups excluding carboxylic acids is 1. The Labute approximate surface area is 105 Å². The molecule has 92 valence electrons. The smallest absolute Gasteiger partial charge is 0.189 e. The molecule has 0 bridgehead atoms. The molecule has 18 heavy (non-hydrogen) atoms. The van der Waals surface area contributed by atoms with Crippen molar-refractivity contribution in [3.8, 4) is 0 Å². The summed E-state index contributed by atoms with van der Waals surface area (Å²) in [5, 5.41) is 4.02. The van der Waals surface area contributed by atoms with Gasteiger partial charge in [-0.05, 0) is 30.7 Å². The van der Waals surface area contributed by atoms with Crippen molar-refractivity contribution in [2.75, 3.05) is 0 Å². The number of hydrogen-bond donors (Lipinski definition) is 0. The summed E-state index contributed by atoms with van der Waals surface area (Å²) in [5.41, 5.74) is 2.19. The van der Waals surface area contributed by atoms with Gasteiger partial charge in [0.25, 0.3) is 0 Å². The van der Waals surface area contributed by atoms with Gasteiger partial charge in [0.2, 0.25) is 0 Å². The van der Waals surface area contributed by atoms with Crippen LogP contribution in [0.1, 0.15) is 21.6 Å². The molecule has 0 fully saturated rings. The number of aromatic nitrogens is 2. The van der Waals surface area contributed by atoms with Gasteiger partial charge in [0.05, 0.1) is 11.8 Å². The predicted molar refractivity (Wildman–Crippen MR) is 67.7 cm³/mol. The standard InChI is InChI=1S/C14H13FN2O/c1-10-13(9-16-17(10)2)14(18)8-5-11-3-6-12(15)7-4-11/h3-9H,1-2H3. The molecule has 4 heteroatoms. The average molecular weight is 244 g/mol. The van der Waals surface area contributed by atoms with Gasteiger partial charge in [-0.2, -0.15) is 5.10 Å². The summed E-state index contributed by atoms with van der Waals surface area (Å²) >= 11 is 0. The first-order valence-electron chi connectivity index (χ1n) is 5.54. The van der Waals surface area contributed by atoms with E-state index in [1.165, 1.54) is 18.2 Å². The van der Waals surface area contributed by atoms with E-state index >= 15 is 0 Å². The average Bonchev–Trinajstić information content (AvgIpc) is 2.69. The molecule has 0 aliphatic carbocycles. The first-order valence-corrected chi connectivity index (χ1v) is 5.54. The second-order valence-corrected chi connectivity index (χ2v) is 4.02. The quantitative estimate of drug-likeness (QED) is 0.614. The zero-order chi connectivity index (χ0) is 13.1. The van der Waals surface area contributed by atoms with Gasteiger partial charge in [0.1, 0.15) is 5.82 Å². The van der Waals surface area contributed by atoms with Crippen molar-refractivity contribution in [3.05, 3.63) is 59.2 Å². The monoisotopic (exact) mass is 244 g/mol. The summed E-state index contributed by atoms with van der Waals surface area (Å²) in [6, 6.07) is 5.96. The summed E-state index contributed by atoms with van der Waals surface area (Å²) in [6.07, 6.45) is 4.68. The molecular weight excluding hydrogens is 231 g/mol. The summed E-state index contributed by atoms with van der Waals surface area (Å²) < 4.78 is 14.4. The molecular formula is C14H13FN2O. The number of nitrogens with zero attached hydrogens (tertiary/aromatic N) is 2. The van der Waals surface area contributed by atoms with E-state index in [0.717, 1.165) is 11.3 Å². The van der Waals surface area contributed by atoms with Crippen LogP contribution in [0.15, 0.2) is 36.5 Å². The van der Waals surface area contributed by atoms with Crippen LogP contribution in [-0.2, 0) is 7.05 Å². The van der Waals surface area contributed by atoms with Gasteiger partial charge in [-0.15, -0.1) is 0 Å². The Hall–Kier alpha value is -2.23. The molecule has 3 nitrogen and oxygen atoms in total. The Morgan fingerprint density at radius 3 is 2.56 bits per heavy atom. The van der Waals surface area contributed by atoms with E-state index < -0.39 is 0 Å². The maximum atomic E-state index is 12.7. The normalized spacial score (nSPS) is 11.1. The number of ketones is 1. The van der Waals surface area contributed by atoms with E-state index in [2.05, 4.69) is 5.10 Å². The number of benzene rings is 1. The summed E-state index contributed by atoms with van der Waals surface area (Å²) in [4.78, 5) is 11.9. The number of halogens is 1. The third-order valence-electron chi connectivity index (χ3n) is 2.80. The van der Waals surface area contributed by atoms with E-state index in [1.807, 2.05) is 6.92 Å². The van der Waals surface area contributed by atoms with Gasteiger partial charge in [0.15, 0.2) is 5.78 Å². The van der Waals surface area contributed by atoms with Crippen LogP contribution in [0.4, 0.5) is 4.39 Å². The predicted octanol–water partition coefficient (Wildman–Crippen LogP) is 2.76. The van der Waals surface area contributed by atoms with Crippen LogP contribution >= 0.6 is 0 Å². The van der Waals surface area contributed by atoms with Gasteiger partial charge in [-0.3, -0.25) is 9.48 Å². The molecule has 0 saturated heterocycles. The second kappa shape index (κ2) is 4.96. The minimum Gasteiger partial charge on any atom is -0.289 e. The summed E-state index contributed by atoms with van der Waals surface area (Å²) in [5.74, 6) is -0.397. The molecule has 1 aromatic carbocycles. The van der Waals surface area contributed by atoms with Crippen molar-refractivity contribution >= 4 is 11.9 Å². The molecule has 0 N–H and O–H groups in total. The lowest BCUT2D eigenvalue weighted by molar-refractivity contribution is 0.104. The lowest BCUT2D eigenvalue weighted by Gasteiger charge is -1.96. The molecule has 0 amide bonds. The maximum Gasteiger partial charge on any atom is 0.189 e. The lowest BCUT2D eigenvalue weighted by atomic mass is 10.1. The molecule has 0 radical (unpaired) electrons. The van der Waals surface area contributed by atoms with Crippen molar-refractivity contribution in [3.63, 3.8) is 0 Å². The Morgan fingerprint density at radius 1 is 1.33 bits per heavy atom. The van der Waals surface area contributed by atoms with E-state index in [9.17, 15) is 9.18 Å². The van der Waals surface area contributed by atoms with Crippen molar-refractivity contribution in [2.24, 2.45) is 7.05 Å². The van der Waals surface area contributed by atoms with Gasteiger partial charge >= 0.3 is 0 Å². The molecule has 1 heterocycles. The van der Waals surface area contributed by atoms with Crippen molar-refractivity contribution in [1.82, 2.24) is 9.78 Å². The van der Waals surface area contributed by atoms with Crippen molar-refractivity contribution in [1.29, 1.82) is 0 Å². The zero-order valence-corrected chi connectivity index (χ0v) is 10.2. The van der Waals surface area contributed by atoms with E-state index in [0.29, 0.717) is 5.56 Å². The van der Waals surface area contributed by atoms with Crippen LogP contribution in [0.25, 0.3) is 6.08 Å². The van der Waals surface area contributed by atoms with Crippen molar-refractivity contribution < 1.29 is 9.18 Å². The van der Waals surface area contributed by atoms with Crippen LogP contribution in [0.5, 0.6) is 0 Å². The van der Waals surface area contributed by atoms with Crippen LogP contribution < -0.4 is 0 Å². The molecule has 2 rings (SSSR count). The highest BCUT2D eigenvalue weighted by Gasteiger charge is 2.09. The number of rotatable bonds is 3. The van der Waals surface area contributed by atoms with E-state index in [4.69, 9.17) is 0 Å². The minimum atomic E-state index is -0.290. The van der Waals surface area contributed by atoms with Crippen LogP contribution in [0.2, 0.25) is 0 Å². The van der Waals surface area contributed by atoms with Crippen LogP contribution in [-0.4, -0.2) is 15.6 Å². The fraction of sp³-hybridized carbons (Fsp3) is 0.143. The van der Waals surface area contributed by atoms with E-state index in [1.54, 1.807) is 36.1 Å². The Balaban J connectivity index is 2.17. The first-order chi connectivity index (χ1) is 8.58. The largest absolute Gasteiger partial charge is 0.289 e. The summed E-state index contributed by atoms with van der Waals surface area (Å²) in [7, 11) is 1.79.